The van der Waals surface area contributed by atoms with E-state index in [4.69, 9.17) is 21.1 Å². The maximum Gasteiger partial charge on any atom is 0.412 e. The lowest BCUT2D eigenvalue weighted by Gasteiger charge is -2.19. The number of nitrogens with one attached hydrogen (secondary N) is 2. The molecule has 1 amide bonds. The third kappa shape index (κ3) is 6.02. The Labute approximate surface area is 170 Å². The minimum absolute atomic E-state index is 0.385. The van der Waals surface area contributed by atoms with E-state index >= 15 is 0 Å². The molecule has 2 N–H and O–H groups in total. The molecule has 0 atom stereocenters. The summed E-state index contributed by atoms with van der Waals surface area (Å²) >= 11 is 6.32. The Balaban J connectivity index is 1.63. The fourth-order valence-corrected chi connectivity index (χ4v) is 3.26. The molecule has 1 aliphatic rings. The normalized spacial score (nSPS) is 14.6. The highest BCUT2D eigenvalue weighted by Crippen LogP contribution is 2.32. The predicted octanol–water partition coefficient (Wildman–Crippen LogP) is 6.23. The van der Waals surface area contributed by atoms with Gasteiger partial charge in [-0.1, -0.05) is 24.4 Å². The van der Waals surface area contributed by atoms with Gasteiger partial charge in [0.15, 0.2) is 0 Å². The van der Waals surface area contributed by atoms with Gasteiger partial charge in [0.25, 0.3) is 0 Å². The topological polar surface area (TPSA) is 72.5 Å². The lowest BCUT2D eigenvalue weighted by atomic mass is 10.2. The first-order valence-electron chi connectivity index (χ1n) is 9.48. The van der Waals surface area contributed by atoms with Crippen LogP contribution in [0.15, 0.2) is 36.5 Å². The van der Waals surface area contributed by atoms with Crippen molar-refractivity contribution in [3.05, 3.63) is 41.6 Å². The molecule has 2 aromatic rings. The van der Waals surface area contributed by atoms with Gasteiger partial charge in [-0.3, -0.25) is 5.32 Å². The van der Waals surface area contributed by atoms with Crippen molar-refractivity contribution in [3.8, 4) is 11.5 Å². The average molecular weight is 404 g/mol. The molecule has 0 unspecified atom stereocenters. The number of rotatable bonds is 5. The number of benzene rings is 1. The van der Waals surface area contributed by atoms with Gasteiger partial charge in [0.1, 0.15) is 22.9 Å². The Morgan fingerprint density at radius 1 is 1.18 bits per heavy atom. The molecule has 3 rings (SSSR count). The van der Waals surface area contributed by atoms with Crippen LogP contribution in [0, 0.1) is 0 Å². The Kier molecular flexibility index (Phi) is 6.29. The van der Waals surface area contributed by atoms with E-state index in [0.29, 0.717) is 28.3 Å². The van der Waals surface area contributed by atoms with E-state index in [0.717, 1.165) is 5.82 Å². The van der Waals surface area contributed by atoms with Gasteiger partial charge in [-0.05, 0) is 57.9 Å². The molecule has 1 aliphatic carbocycles. The second-order valence-electron chi connectivity index (χ2n) is 7.88. The van der Waals surface area contributed by atoms with Gasteiger partial charge in [-0.15, -0.1) is 0 Å². The fourth-order valence-electron chi connectivity index (χ4n) is 3.04. The third-order valence-corrected chi connectivity index (χ3v) is 4.54. The lowest BCUT2D eigenvalue weighted by Crippen LogP contribution is -2.27. The Morgan fingerprint density at radius 2 is 1.93 bits per heavy atom. The van der Waals surface area contributed by atoms with E-state index in [1.807, 2.05) is 6.07 Å². The van der Waals surface area contributed by atoms with Crippen LogP contribution in [-0.4, -0.2) is 22.7 Å². The van der Waals surface area contributed by atoms with Crippen LogP contribution in [0.25, 0.3) is 0 Å². The smallest absolute Gasteiger partial charge is 0.412 e. The van der Waals surface area contributed by atoms with E-state index < -0.39 is 11.7 Å². The summed E-state index contributed by atoms with van der Waals surface area (Å²) in [7, 11) is 0. The third-order valence-electron chi connectivity index (χ3n) is 4.24. The number of halogens is 1. The standard InChI is InChI=1S/C21H26ClN3O3/c1-21(2,3)28-20(26)25-15-8-9-18(17(22)12-15)27-16-10-11-23-19(13-16)24-14-6-4-5-7-14/h8-14H,4-7H2,1-3H3,(H,23,24)(H,25,26). The summed E-state index contributed by atoms with van der Waals surface area (Å²) in [5.74, 6) is 1.93. The number of carbonyl (C=O) groups excluding carboxylic acids is 1. The summed E-state index contributed by atoms with van der Waals surface area (Å²) in [5, 5.41) is 6.49. The van der Waals surface area contributed by atoms with Crippen LogP contribution >= 0.6 is 11.6 Å². The molecule has 1 aromatic carbocycles. The molecule has 0 bridgehead atoms. The molecule has 1 saturated carbocycles. The largest absolute Gasteiger partial charge is 0.456 e. The first-order chi connectivity index (χ1) is 13.3. The Hall–Kier alpha value is -2.47. The van der Waals surface area contributed by atoms with Crippen LogP contribution in [-0.2, 0) is 4.74 Å². The Bertz CT molecular complexity index is 830. The van der Waals surface area contributed by atoms with Gasteiger partial charge in [0, 0.05) is 24.0 Å². The van der Waals surface area contributed by atoms with Crippen LogP contribution in [0.1, 0.15) is 46.5 Å². The molecule has 150 valence electrons. The molecule has 1 aromatic heterocycles. The van der Waals surface area contributed by atoms with Crippen molar-refractivity contribution in [2.45, 2.75) is 58.1 Å². The van der Waals surface area contributed by atoms with Crippen LogP contribution in [0.3, 0.4) is 0 Å². The molecular formula is C21H26ClN3O3. The summed E-state index contributed by atoms with van der Waals surface area (Å²) < 4.78 is 11.1. The summed E-state index contributed by atoms with van der Waals surface area (Å²) in [6.45, 7) is 5.42. The monoisotopic (exact) mass is 403 g/mol. The average Bonchev–Trinajstić information content (AvgIpc) is 3.09. The zero-order valence-corrected chi connectivity index (χ0v) is 17.2. The highest BCUT2D eigenvalue weighted by Gasteiger charge is 2.17. The van der Waals surface area contributed by atoms with Crippen molar-refractivity contribution in [1.82, 2.24) is 4.98 Å². The van der Waals surface area contributed by atoms with E-state index in [-0.39, 0.29) is 0 Å². The summed E-state index contributed by atoms with van der Waals surface area (Å²) in [6.07, 6.45) is 6.03. The minimum Gasteiger partial charge on any atom is -0.456 e. The molecule has 28 heavy (non-hydrogen) atoms. The molecule has 1 fully saturated rings. The van der Waals surface area contributed by atoms with Crippen molar-refractivity contribution in [1.29, 1.82) is 0 Å². The number of amides is 1. The van der Waals surface area contributed by atoms with Gasteiger partial charge in [-0.2, -0.15) is 0 Å². The number of anilines is 2. The van der Waals surface area contributed by atoms with Crippen LogP contribution < -0.4 is 15.4 Å². The van der Waals surface area contributed by atoms with Crippen molar-refractivity contribution in [2.24, 2.45) is 0 Å². The highest BCUT2D eigenvalue weighted by molar-refractivity contribution is 6.32. The minimum atomic E-state index is -0.567. The first-order valence-corrected chi connectivity index (χ1v) is 9.86. The number of nitrogens with zero attached hydrogens (tertiary/aromatic N) is 1. The predicted molar refractivity (Wildman–Crippen MR) is 111 cm³/mol. The number of aromatic nitrogens is 1. The molecule has 1 heterocycles. The molecule has 0 aliphatic heterocycles. The second kappa shape index (κ2) is 8.69. The molecule has 0 spiro atoms. The maximum absolute atomic E-state index is 11.9. The van der Waals surface area contributed by atoms with E-state index in [1.54, 1.807) is 51.2 Å². The van der Waals surface area contributed by atoms with E-state index in [1.165, 1.54) is 25.7 Å². The van der Waals surface area contributed by atoms with Crippen molar-refractivity contribution < 1.29 is 14.3 Å². The van der Waals surface area contributed by atoms with Crippen LogP contribution in [0.4, 0.5) is 16.3 Å². The van der Waals surface area contributed by atoms with E-state index in [9.17, 15) is 4.79 Å². The molecule has 0 saturated heterocycles. The highest BCUT2D eigenvalue weighted by atomic mass is 35.5. The quantitative estimate of drug-likeness (QED) is 0.619. The van der Waals surface area contributed by atoms with Crippen molar-refractivity contribution >= 4 is 29.2 Å². The first kappa shape index (κ1) is 20.3. The van der Waals surface area contributed by atoms with Gasteiger partial charge in [-0.25, -0.2) is 9.78 Å². The summed E-state index contributed by atoms with van der Waals surface area (Å²) in [4.78, 5) is 16.2. The molecule has 0 radical (unpaired) electrons. The number of hydrogen-bond donors (Lipinski definition) is 2. The summed E-state index contributed by atoms with van der Waals surface area (Å²) in [5.41, 5.74) is -0.0346. The zero-order valence-electron chi connectivity index (χ0n) is 16.4. The number of carbonyl (C=O) groups is 1. The SMILES string of the molecule is CC(C)(C)OC(=O)Nc1ccc(Oc2ccnc(NC3CCCC3)c2)c(Cl)c1. The maximum atomic E-state index is 11.9. The second-order valence-corrected chi connectivity index (χ2v) is 8.28. The Morgan fingerprint density at radius 3 is 2.61 bits per heavy atom. The lowest BCUT2D eigenvalue weighted by molar-refractivity contribution is 0.0636. The number of pyridine rings is 1. The number of ether oxygens (including phenoxy) is 2. The molecule has 7 heteroatoms. The van der Waals surface area contributed by atoms with Gasteiger partial charge < -0.3 is 14.8 Å². The van der Waals surface area contributed by atoms with Gasteiger partial charge >= 0.3 is 6.09 Å². The van der Waals surface area contributed by atoms with Gasteiger partial charge in [0.2, 0.25) is 0 Å². The van der Waals surface area contributed by atoms with Crippen LogP contribution in [0.5, 0.6) is 11.5 Å². The van der Waals surface area contributed by atoms with Crippen LogP contribution in [0.2, 0.25) is 5.02 Å². The molecular weight excluding hydrogens is 378 g/mol. The zero-order chi connectivity index (χ0) is 20.1. The molecule has 6 nitrogen and oxygen atoms in total. The number of hydrogen-bond acceptors (Lipinski definition) is 5. The van der Waals surface area contributed by atoms with E-state index in [2.05, 4.69) is 15.6 Å². The fraction of sp³-hybridized carbons (Fsp3) is 0.429. The van der Waals surface area contributed by atoms with Gasteiger partial charge in [0.05, 0.1) is 5.02 Å². The van der Waals surface area contributed by atoms with Crippen molar-refractivity contribution in [2.75, 3.05) is 10.6 Å². The van der Waals surface area contributed by atoms with Crippen molar-refractivity contribution in [3.63, 3.8) is 0 Å². The summed E-state index contributed by atoms with van der Waals surface area (Å²) in [6, 6.07) is 9.16.